The molecule has 0 spiro atoms. The maximum absolute atomic E-state index is 5.94. The van der Waals surface area contributed by atoms with Crippen molar-refractivity contribution in [1.29, 1.82) is 0 Å². The molecule has 1 saturated carbocycles. The molecular formula is C10H14N2OS. The summed E-state index contributed by atoms with van der Waals surface area (Å²) in [5.74, 6) is 0.700. The van der Waals surface area contributed by atoms with Crippen molar-refractivity contribution in [2.75, 3.05) is 13.1 Å². The van der Waals surface area contributed by atoms with Gasteiger partial charge in [-0.25, -0.2) is 4.98 Å². The second-order valence-corrected chi connectivity index (χ2v) is 4.85. The van der Waals surface area contributed by atoms with Crippen molar-refractivity contribution in [2.45, 2.75) is 31.3 Å². The Morgan fingerprint density at radius 2 is 2.36 bits per heavy atom. The highest BCUT2D eigenvalue weighted by molar-refractivity contribution is 7.11. The number of thiazole rings is 1. The van der Waals surface area contributed by atoms with Crippen molar-refractivity contribution in [3.05, 3.63) is 11.2 Å². The first-order valence-corrected chi connectivity index (χ1v) is 6.12. The fraction of sp³-hybridized carbons (Fsp3) is 0.700. The monoisotopic (exact) mass is 210 g/mol. The second-order valence-electron chi connectivity index (χ2n) is 4.03. The molecule has 1 aliphatic heterocycles. The van der Waals surface area contributed by atoms with Gasteiger partial charge in [-0.3, -0.25) is 0 Å². The molecule has 1 atom stereocenters. The summed E-state index contributed by atoms with van der Waals surface area (Å²) < 4.78 is 5.94. The molecule has 3 rings (SSSR count). The number of rotatable bonds is 3. The number of nitrogens with zero attached hydrogens (tertiary/aromatic N) is 1. The first-order valence-electron chi connectivity index (χ1n) is 5.24. The molecule has 1 saturated heterocycles. The van der Waals surface area contributed by atoms with Crippen molar-refractivity contribution in [3.8, 4) is 5.06 Å². The lowest BCUT2D eigenvalue weighted by Gasteiger charge is -2.11. The summed E-state index contributed by atoms with van der Waals surface area (Å²) in [6, 6.07) is 0. The number of aromatic nitrogens is 1. The minimum atomic E-state index is 0.368. The van der Waals surface area contributed by atoms with Crippen LogP contribution in [0.3, 0.4) is 0 Å². The summed E-state index contributed by atoms with van der Waals surface area (Å²) in [6.45, 7) is 2.07. The van der Waals surface area contributed by atoms with Gasteiger partial charge in [0.2, 0.25) is 0 Å². The Labute approximate surface area is 87.5 Å². The van der Waals surface area contributed by atoms with E-state index in [1.165, 1.54) is 18.5 Å². The summed E-state index contributed by atoms with van der Waals surface area (Å²) in [6.07, 6.45) is 4.08. The van der Waals surface area contributed by atoms with Gasteiger partial charge in [-0.2, -0.15) is 0 Å². The normalized spacial score (nSPS) is 26.7. The highest BCUT2D eigenvalue weighted by atomic mass is 32.1. The zero-order valence-electron chi connectivity index (χ0n) is 8.03. The number of ether oxygens (including phenoxy) is 1. The van der Waals surface area contributed by atoms with E-state index in [0.717, 1.165) is 24.6 Å². The van der Waals surface area contributed by atoms with E-state index in [-0.39, 0.29) is 0 Å². The minimum absolute atomic E-state index is 0.368. The summed E-state index contributed by atoms with van der Waals surface area (Å²) in [5.41, 5.74) is 3.12. The Morgan fingerprint density at radius 3 is 3.07 bits per heavy atom. The molecular weight excluding hydrogens is 196 g/mol. The number of hydrogen-bond donors (Lipinski definition) is 1. The van der Waals surface area contributed by atoms with E-state index in [2.05, 4.69) is 10.3 Å². The van der Waals surface area contributed by atoms with Gasteiger partial charge >= 0.3 is 0 Å². The van der Waals surface area contributed by atoms with Gasteiger partial charge in [0.15, 0.2) is 5.06 Å². The molecule has 14 heavy (non-hydrogen) atoms. The van der Waals surface area contributed by atoms with E-state index in [1.807, 2.05) is 5.51 Å². The fourth-order valence-electron chi connectivity index (χ4n) is 1.84. The van der Waals surface area contributed by atoms with Crippen LogP contribution in [-0.4, -0.2) is 24.2 Å². The second kappa shape index (κ2) is 3.51. The predicted octanol–water partition coefficient (Wildman–Crippen LogP) is 1.76. The molecule has 0 aromatic carbocycles. The molecule has 1 aliphatic carbocycles. The van der Waals surface area contributed by atoms with Crippen molar-refractivity contribution in [3.63, 3.8) is 0 Å². The van der Waals surface area contributed by atoms with E-state index in [0.29, 0.717) is 12.0 Å². The standard InChI is InChI=1S/C10H14N2OS/c1-2-7(1)9-10(14-6-12-9)13-8-3-4-11-5-8/h6-8,11H,1-5H2. The zero-order valence-corrected chi connectivity index (χ0v) is 8.85. The molecule has 0 bridgehead atoms. The Balaban J connectivity index is 1.71. The topological polar surface area (TPSA) is 34.1 Å². The third-order valence-electron chi connectivity index (χ3n) is 2.81. The molecule has 1 aromatic rings. The molecule has 0 radical (unpaired) electrons. The summed E-state index contributed by atoms with van der Waals surface area (Å²) in [7, 11) is 0. The van der Waals surface area contributed by atoms with E-state index in [1.54, 1.807) is 11.3 Å². The van der Waals surface area contributed by atoms with Crippen LogP contribution in [0.25, 0.3) is 0 Å². The van der Waals surface area contributed by atoms with Crippen LogP contribution in [-0.2, 0) is 0 Å². The maximum Gasteiger partial charge on any atom is 0.197 e. The lowest BCUT2D eigenvalue weighted by Crippen LogP contribution is -2.19. The van der Waals surface area contributed by atoms with Crippen LogP contribution >= 0.6 is 11.3 Å². The van der Waals surface area contributed by atoms with Gasteiger partial charge in [0.1, 0.15) is 6.10 Å². The first kappa shape index (κ1) is 8.68. The molecule has 2 heterocycles. The minimum Gasteiger partial charge on any atom is -0.478 e. The van der Waals surface area contributed by atoms with E-state index in [9.17, 15) is 0 Å². The number of nitrogens with one attached hydrogen (secondary N) is 1. The maximum atomic E-state index is 5.94. The lowest BCUT2D eigenvalue weighted by atomic mass is 10.3. The van der Waals surface area contributed by atoms with Gasteiger partial charge < -0.3 is 10.1 Å². The van der Waals surface area contributed by atoms with Gasteiger partial charge in [0, 0.05) is 12.5 Å². The van der Waals surface area contributed by atoms with Gasteiger partial charge in [-0.05, 0) is 25.8 Å². The van der Waals surface area contributed by atoms with Crippen LogP contribution in [0.15, 0.2) is 5.51 Å². The summed E-state index contributed by atoms with van der Waals surface area (Å²) in [5, 5.41) is 4.38. The Bertz CT molecular complexity index is 316. The highest BCUT2D eigenvalue weighted by Crippen LogP contribution is 2.45. The molecule has 3 nitrogen and oxygen atoms in total. The van der Waals surface area contributed by atoms with Gasteiger partial charge in [-0.1, -0.05) is 11.3 Å². The van der Waals surface area contributed by atoms with Crippen molar-refractivity contribution < 1.29 is 4.74 Å². The molecule has 2 fully saturated rings. The van der Waals surface area contributed by atoms with E-state index < -0.39 is 0 Å². The van der Waals surface area contributed by atoms with Crippen molar-refractivity contribution >= 4 is 11.3 Å². The molecule has 1 aromatic heterocycles. The molecule has 2 aliphatic rings. The molecule has 1 unspecified atom stereocenters. The predicted molar refractivity (Wildman–Crippen MR) is 56.0 cm³/mol. The average molecular weight is 210 g/mol. The highest BCUT2D eigenvalue weighted by Gasteiger charge is 2.30. The number of hydrogen-bond acceptors (Lipinski definition) is 4. The van der Waals surface area contributed by atoms with E-state index >= 15 is 0 Å². The van der Waals surface area contributed by atoms with Gasteiger partial charge in [0.25, 0.3) is 0 Å². The average Bonchev–Trinajstić information content (AvgIpc) is 2.74. The van der Waals surface area contributed by atoms with Crippen molar-refractivity contribution in [1.82, 2.24) is 10.3 Å². The van der Waals surface area contributed by atoms with Gasteiger partial charge in [-0.15, -0.1) is 0 Å². The lowest BCUT2D eigenvalue weighted by molar-refractivity contribution is 0.227. The molecule has 76 valence electrons. The summed E-state index contributed by atoms with van der Waals surface area (Å²) >= 11 is 1.64. The largest absolute Gasteiger partial charge is 0.478 e. The van der Waals surface area contributed by atoms with Crippen LogP contribution in [0.1, 0.15) is 30.9 Å². The Kier molecular flexibility index (Phi) is 2.18. The molecule has 1 N–H and O–H groups in total. The first-order chi connectivity index (χ1) is 6.93. The fourth-order valence-corrected chi connectivity index (χ4v) is 2.63. The zero-order chi connectivity index (χ0) is 9.38. The Morgan fingerprint density at radius 1 is 1.43 bits per heavy atom. The van der Waals surface area contributed by atoms with Crippen LogP contribution in [0, 0.1) is 0 Å². The summed E-state index contributed by atoms with van der Waals surface area (Å²) in [4.78, 5) is 4.39. The third kappa shape index (κ3) is 1.64. The molecule has 4 heteroatoms. The van der Waals surface area contributed by atoms with Crippen LogP contribution in [0.4, 0.5) is 0 Å². The smallest absolute Gasteiger partial charge is 0.197 e. The molecule has 0 amide bonds. The van der Waals surface area contributed by atoms with E-state index in [4.69, 9.17) is 4.74 Å². The van der Waals surface area contributed by atoms with Crippen LogP contribution < -0.4 is 10.1 Å². The van der Waals surface area contributed by atoms with Crippen molar-refractivity contribution in [2.24, 2.45) is 0 Å². The quantitative estimate of drug-likeness (QED) is 0.825. The Hall–Kier alpha value is -0.610. The third-order valence-corrected chi connectivity index (χ3v) is 3.54. The van der Waals surface area contributed by atoms with Crippen LogP contribution in [0.5, 0.6) is 5.06 Å². The SMILES string of the molecule is c1nc(C2CC2)c(OC2CCNC2)s1. The van der Waals surface area contributed by atoms with Gasteiger partial charge in [0.05, 0.1) is 11.2 Å². The van der Waals surface area contributed by atoms with Crippen LogP contribution in [0.2, 0.25) is 0 Å².